The Hall–Kier alpha value is -4.99. The number of nitrogens with one attached hydrogen (secondary N) is 1. The van der Waals surface area contributed by atoms with Crippen molar-refractivity contribution < 1.29 is 33.4 Å². The summed E-state index contributed by atoms with van der Waals surface area (Å²) < 4.78 is 26.7. The number of aryl methyl sites for hydroxylation is 1. The molecule has 0 radical (unpaired) electrons. The predicted molar refractivity (Wildman–Crippen MR) is 180 cm³/mol. The quantitative estimate of drug-likeness (QED) is 0.235. The summed E-state index contributed by atoms with van der Waals surface area (Å²) in [4.78, 5) is 41.3. The van der Waals surface area contributed by atoms with E-state index in [2.05, 4.69) is 21.2 Å². The van der Waals surface area contributed by atoms with Crippen molar-refractivity contribution in [2.75, 3.05) is 52.3 Å². The lowest BCUT2D eigenvalue weighted by Crippen LogP contribution is -2.46. The van der Waals surface area contributed by atoms with E-state index in [-0.39, 0.29) is 37.7 Å². The molecule has 2 amide bonds. The van der Waals surface area contributed by atoms with Gasteiger partial charge in [0, 0.05) is 76.2 Å². The molecule has 1 aliphatic rings. The Bertz CT molecular complexity index is 1570. The summed E-state index contributed by atoms with van der Waals surface area (Å²) in [5.41, 5.74) is 4.32. The van der Waals surface area contributed by atoms with E-state index in [4.69, 9.17) is 14.6 Å². The first-order chi connectivity index (χ1) is 23.3. The van der Waals surface area contributed by atoms with Crippen molar-refractivity contribution in [3.63, 3.8) is 0 Å². The summed E-state index contributed by atoms with van der Waals surface area (Å²) >= 11 is 0. The lowest BCUT2D eigenvalue weighted by molar-refractivity contribution is -0.133. The van der Waals surface area contributed by atoms with Gasteiger partial charge in [-0.2, -0.15) is 5.26 Å². The number of nitrogens with zero attached hydrogens (tertiary/aromatic N) is 4. The van der Waals surface area contributed by atoms with Crippen molar-refractivity contribution in [3.8, 4) is 17.6 Å². The molecule has 1 aliphatic heterocycles. The number of halogens is 1. The fraction of sp³-hybridized carbons (Fsp3) is 0.389. The maximum absolute atomic E-state index is 15.3. The summed E-state index contributed by atoms with van der Waals surface area (Å²) in [7, 11) is 4.04. The number of ether oxygens (including phenoxy) is 2. The third-order valence-electron chi connectivity index (χ3n) is 8.30. The number of methoxy groups -OCH3 is 1. The van der Waals surface area contributed by atoms with Crippen LogP contribution in [0.4, 0.5) is 10.1 Å². The Kier molecular flexibility index (Phi) is 14.8. The fourth-order valence-corrected chi connectivity index (χ4v) is 5.61. The molecule has 11 nitrogen and oxygen atoms in total. The monoisotopic (exact) mass is 661 g/mol. The number of likely N-dealkylation sites (N-methyl/N-ethyl adjacent to an activating group) is 1. The Morgan fingerprint density at radius 2 is 1.85 bits per heavy atom. The molecule has 0 bridgehead atoms. The van der Waals surface area contributed by atoms with Crippen LogP contribution in [0.5, 0.6) is 11.5 Å². The second-order valence-corrected chi connectivity index (χ2v) is 11.2. The molecule has 1 fully saturated rings. The summed E-state index contributed by atoms with van der Waals surface area (Å²) in [5.74, 6) is 0.322. The van der Waals surface area contributed by atoms with Gasteiger partial charge in [0.25, 0.3) is 0 Å². The summed E-state index contributed by atoms with van der Waals surface area (Å²) in [6, 6.07) is 17.6. The van der Waals surface area contributed by atoms with E-state index in [0.29, 0.717) is 41.1 Å². The highest BCUT2D eigenvalue weighted by molar-refractivity contribution is 5.83. The average Bonchev–Trinajstić information content (AvgIpc) is 3.12. The van der Waals surface area contributed by atoms with Crippen molar-refractivity contribution in [2.24, 2.45) is 0 Å². The first-order valence-corrected chi connectivity index (χ1v) is 15.7. The number of piperazine rings is 1. The van der Waals surface area contributed by atoms with Gasteiger partial charge in [-0.15, -0.1) is 0 Å². The average molecular weight is 662 g/mol. The highest BCUT2D eigenvalue weighted by Gasteiger charge is 2.25. The van der Waals surface area contributed by atoms with Gasteiger partial charge >= 0.3 is 0 Å². The van der Waals surface area contributed by atoms with Gasteiger partial charge in [-0.25, -0.2) is 4.39 Å². The molecule has 0 saturated carbocycles. The fourth-order valence-electron chi connectivity index (χ4n) is 5.61. The lowest BCUT2D eigenvalue weighted by atomic mass is 10.0. The largest absolute Gasteiger partial charge is 0.495 e. The molecule has 0 unspecified atom stereocenters. The second-order valence-electron chi connectivity index (χ2n) is 11.2. The summed E-state index contributed by atoms with van der Waals surface area (Å²) in [5, 5.41) is 18.8. The molecule has 1 atom stereocenters. The topological polar surface area (TPSA) is 135 Å². The number of aliphatic hydroxyl groups excluding tert-OH is 1. The number of nitriles is 1. The Balaban J connectivity index is 0.00000307. The highest BCUT2D eigenvalue weighted by atomic mass is 19.1. The molecule has 3 aromatic carbocycles. The van der Waals surface area contributed by atoms with Crippen molar-refractivity contribution in [1.29, 1.82) is 5.26 Å². The minimum atomic E-state index is -0.812. The number of amides is 2. The molecule has 1 saturated heterocycles. The van der Waals surface area contributed by atoms with Gasteiger partial charge < -0.3 is 34.5 Å². The molecule has 3 aromatic rings. The lowest BCUT2D eigenvalue weighted by Gasteiger charge is -2.36. The van der Waals surface area contributed by atoms with E-state index in [0.717, 1.165) is 56.4 Å². The molecular weight excluding hydrogens is 617 g/mol. The van der Waals surface area contributed by atoms with Crippen LogP contribution in [0, 0.1) is 24.1 Å². The predicted octanol–water partition coefficient (Wildman–Crippen LogP) is 3.58. The molecular formula is C36H44FN5O6. The zero-order valence-corrected chi connectivity index (χ0v) is 27.9. The Morgan fingerprint density at radius 1 is 1.10 bits per heavy atom. The minimum Gasteiger partial charge on any atom is -0.495 e. The molecule has 0 aliphatic carbocycles. The number of aldehydes is 1. The van der Waals surface area contributed by atoms with Gasteiger partial charge in [-0.05, 0) is 48.7 Å². The zero-order valence-electron chi connectivity index (χ0n) is 27.9. The molecule has 4 rings (SSSR count). The third kappa shape index (κ3) is 9.76. The van der Waals surface area contributed by atoms with Gasteiger partial charge in [0.1, 0.15) is 42.3 Å². The van der Waals surface area contributed by atoms with Crippen LogP contribution in [-0.4, -0.2) is 87.0 Å². The van der Waals surface area contributed by atoms with Gasteiger partial charge in [-0.1, -0.05) is 24.3 Å². The number of carbonyl (C=O) groups excluding carboxylic acids is 3. The van der Waals surface area contributed by atoms with Gasteiger partial charge in [-0.3, -0.25) is 14.5 Å². The van der Waals surface area contributed by atoms with Gasteiger partial charge in [0.2, 0.25) is 12.3 Å². The number of rotatable bonds is 15. The van der Waals surface area contributed by atoms with Crippen LogP contribution in [0.3, 0.4) is 0 Å². The first kappa shape index (κ1) is 37.5. The van der Waals surface area contributed by atoms with Crippen molar-refractivity contribution in [1.82, 2.24) is 15.1 Å². The maximum Gasteiger partial charge on any atom is 0.242 e. The smallest absolute Gasteiger partial charge is 0.242 e. The molecule has 12 heteroatoms. The van der Waals surface area contributed by atoms with E-state index in [1.54, 1.807) is 31.4 Å². The Morgan fingerprint density at radius 3 is 2.48 bits per heavy atom. The minimum absolute atomic E-state index is 0.0135. The van der Waals surface area contributed by atoms with Crippen LogP contribution >= 0.6 is 0 Å². The molecule has 0 aromatic heterocycles. The van der Waals surface area contributed by atoms with Crippen LogP contribution in [0.15, 0.2) is 54.6 Å². The number of anilines is 1. The van der Waals surface area contributed by atoms with E-state index in [1.165, 1.54) is 11.9 Å². The van der Waals surface area contributed by atoms with Crippen molar-refractivity contribution >= 4 is 24.3 Å². The van der Waals surface area contributed by atoms with Crippen LogP contribution in [-0.2, 0) is 34.1 Å². The normalized spacial score (nSPS) is 13.3. The number of carbonyl (C=O) groups is 3. The van der Waals surface area contributed by atoms with Crippen molar-refractivity contribution in [3.05, 3.63) is 88.2 Å². The summed E-state index contributed by atoms with van der Waals surface area (Å²) in [6.45, 7) is 5.77. The van der Waals surface area contributed by atoms with Crippen LogP contribution in [0.1, 0.15) is 40.7 Å². The Labute approximate surface area is 281 Å². The van der Waals surface area contributed by atoms with Crippen LogP contribution < -0.4 is 19.7 Å². The SMILES string of the molecule is CNC(=O)[C@H](CCC=O)N(C=O)Cc1c(C)cccc1OCc1ccc(CN2CCN(c3ccc(C#N)c(OC)c3)CC2)cc1F.CO. The van der Waals surface area contributed by atoms with E-state index < -0.39 is 6.04 Å². The second kappa shape index (κ2) is 19.0. The molecule has 1 heterocycles. The zero-order chi connectivity index (χ0) is 35.1. The van der Waals surface area contributed by atoms with Crippen LogP contribution in [0.25, 0.3) is 0 Å². The molecule has 256 valence electrons. The number of hydrogen-bond acceptors (Lipinski definition) is 9. The van der Waals surface area contributed by atoms with E-state index in [9.17, 15) is 19.6 Å². The third-order valence-corrected chi connectivity index (χ3v) is 8.30. The molecule has 48 heavy (non-hydrogen) atoms. The molecule has 2 N–H and O–H groups in total. The summed E-state index contributed by atoms with van der Waals surface area (Å²) in [6.07, 6.45) is 1.66. The number of benzene rings is 3. The highest BCUT2D eigenvalue weighted by Crippen LogP contribution is 2.28. The van der Waals surface area contributed by atoms with Crippen molar-refractivity contribution in [2.45, 2.75) is 45.5 Å². The number of aliphatic hydroxyl groups is 1. The first-order valence-electron chi connectivity index (χ1n) is 15.7. The molecule has 0 spiro atoms. The van der Waals surface area contributed by atoms with Crippen LogP contribution in [0.2, 0.25) is 0 Å². The van der Waals surface area contributed by atoms with Gasteiger partial charge in [0.15, 0.2) is 0 Å². The van der Waals surface area contributed by atoms with E-state index >= 15 is 4.39 Å². The maximum atomic E-state index is 15.3. The van der Waals surface area contributed by atoms with Gasteiger partial charge in [0.05, 0.1) is 19.2 Å². The standard InChI is InChI=1S/C35H40FN5O5.CH4O/c1-25-6-4-8-33(30(25)22-41(24-43)32(7-5-17-42)35(44)38-2)46-23-28-10-9-26(18-31(28)36)21-39-13-15-40(16-14-39)29-12-11-27(20-37)34(19-29)45-3;1-2/h4,6,8-12,17-19,24,32H,5,7,13-16,21-23H2,1-3H3,(H,38,44);2H,1H3/t32-;/m0./s1. The van der Waals surface area contributed by atoms with E-state index in [1.807, 2.05) is 37.3 Å². The number of hydrogen-bond donors (Lipinski definition) is 2.